The number of ether oxygens (including phenoxy) is 1. The molecule has 1 heterocycles. The van der Waals surface area contributed by atoms with Crippen molar-refractivity contribution < 1.29 is 19.4 Å². The van der Waals surface area contributed by atoms with Crippen molar-refractivity contribution in [3.8, 4) is 5.75 Å². The van der Waals surface area contributed by atoms with Crippen LogP contribution in [0, 0.1) is 6.92 Å². The van der Waals surface area contributed by atoms with Crippen molar-refractivity contribution >= 4 is 23.2 Å². The summed E-state index contributed by atoms with van der Waals surface area (Å²) >= 11 is 0. The van der Waals surface area contributed by atoms with Gasteiger partial charge >= 0.3 is 0 Å². The van der Waals surface area contributed by atoms with Crippen LogP contribution in [0.3, 0.4) is 0 Å². The Morgan fingerprint density at radius 3 is 2.59 bits per heavy atom. The van der Waals surface area contributed by atoms with Crippen molar-refractivity contribution in [1.82, 2.24) is 10.3 Å². The third-order valence-corrected chi connectivity index (χ3v) is 4.33. The van der Waals surface area contributed by atoms with Crippen molar-refractivity contribution in [2.24, 2.45) is 10.7 Å². The number of aromatic nitrogens is 1. The van der Waals surface area contributed by atoms with Gasteiger partial charge in [0.25, 0.3) is 5.91 Å². The predicted octanol–water partition coefficient (Wildman–Crippen LogP) is 0.323. The summed E-state index contributed by atoms with van der Waals surface area (Å²) < 4.78 is 5.74. The standard InChI is InChI=1S/C20H25N5O4/c1-12-4-5-13(24-9-12)10-29-14-6-7-16(21)15(8-14)17(23-3)18(27)25-20(2,11-26)19(22)28/h4-9,26H,10-11,21H2,1-3H3,(H2,22,28)(H,25,27). The van der Waals surface area contributed by atoms with E-state index in [1.807, 2.05) is 19.1 Å². The molecule has 1 atom stereocenters. The average molecular weight is 399 g/mol. The molecule has 6 N–H and O–H groups in total. The number of amides is 2. The smallest absolute Gasteiger partial charge is 0.271 e. The molecule has 0 radical (unpaired) electrons. The Labute approximate surface area is 168 Å². The maximum atomic E-state index is 12.7. The number of aryl methyl sites for hydroxylation is 1. The van der Waals surface area contributed by atoms with Gasteiger partial charge in [-0.15, -0.1) is 0 Å². The van der Waals surface area contributed by atoms with Gasteiger partial charge in [0.1, 0.15) is 23.6 Å². The molecule has 2 amide bonds. The number of aliphatic hydroxyl groups excluding tert-OH is 1. The second-order valence-corrected chi connectivity index (χ2v) is 6.75. The van der Waals surface area contributed by atoms with Crippen LogP contribution in [0.5, 0.6) is 5.75 Å². The Hall–Kier alpha value is -3.46. The van der Waals surface area contributed by atoms with Crippen LogP contribution in [0.2, 0.25) is 0 Å². The zero-order chi connectivity index (χ0) is 21.6. The van der Waals surface area contributed by atoms with Gasteiger partial charge in [0.2, 0.25) is 5.91 Å². The van der Waals surface area contributed by atoms with E-state index in [1.54, 1.807) is 24.4 Å². The Morgan fingerprint density at radius 1 is 1.31 bits per heavy atom. The number of nitrogens with two attached hydrogens (primary N) is 2. The van der Waals surface area contributed by atoms with Crippen molar-refractivity contribution in [2.45, 2.75) is 26.0 Å². The minimum absolute atomic E-state index is 0.0256. The third-order valence-electron chi connectivity index (χ3n) is 4.33. The normalized spacial score (nSPS) is 13.4. The number of rotatable bonds is 8. The van der Waals surface area contributed by atoms with E-state index in [0.29, 0.717) is 17.0 Å². The number of nitrogen functional groups attached to an aromatic ring is 1. The molecule has 29 heavy (non-hydrogen) atoms. The molecule has 0 aliphatic heterocycles. The first-order chi connectivity index (χ1) is 13.7. The number of pyridine rings is 1. The Balaban J connectivity index is 2.23. The SMILES string of the molecule is CN=C(C(=O)NC(C)(CO)C(N)=O)c1cc(OCc2ccc(C)cn2)ccc1N. The van der Waals surface area contributed by atoms with Gasteiger partial charge in [-0.1, -0.05) is 6.07 Å². The highest BCUT2D eigenvalue weighted by Gasteiger charge is 2.34. The van der Waals surface area contributed by atoms with E-state index in [9.17, 15) is 14.7 Å². The molecular formula is C20H25N5O4. The predicted molar refractivity (Wildman–Crippen MR) is 109 cm³/mol. The molecule has 0 aliphatic rings. The van der Waals surface area contributed by atoms with Crippen molar-refractivity contribution in [3.05, 3.63) is 53.3 Å². The second-order valence-electron chi connectivity index (χ2n) is 6.75. The number of hydrogen-bond donors (Lipinski definition) is 4. The number of benzene rings is 1. The van der Waals surface area contributed by atoms with Crippen LogP contribution in [0.25, 0.3) is 0 Å². The number of carbonyl (C=O) groups excluding carboxylic acids is 2. The highest BCUT2D eigenvalue weighted by Crippen LogP contribution is 2.22. The molecule has 0 spiro atoms. The Morgan fingerprint density at radius 2 is 2.03 bits per heavy atom. The molecule has 1 unspecified atom stereocenters. The molecule has 9 heteroatoms. The molecule has 0 bridgehead atoms. The summed E-state index contributed by atoms with van der Waals surface area (Å²) in [6, 6.07) is 8.62. The highest BCUT2D eigenvalue weighted by atomic mass is 16.5. The zero-order valence-electron chi connectivity index (χ0n) is 16.6. The number of nitrogens with one attached hydrogen (secondary N) is 1. The van der Waals surface area contributed by atoms with Crippen molar-refractivity contribution in [3.63, 3.8) is 0 Å². The number of aliphatic hydroxyl groups is 1. The van der Waals surface area contributed by atoms with Crippen LogP contribution in [0.1, 0.15) is 23.7 Å². The molecule has 1 aromatic heterocycles. The topological polar surface area (TPSA) is 153 Å². The zero-order valence-corrected chi connectivity index (χ0v) is 16.6. The molecule has 0 saturated heterocycles. The van der Waals surface area contributed by atoms with Crippen LogP contribution in [0.15, 0.2) is 41.5 Å². The third kappa shape index (κ3) is 5.29. The van der Waals surface area contributed by atoms with Crippen LogP contribution in [-0.4, -0.2) is 46.8 Å². The van der Waals surface area contributed by atoms with E-state index in [-0.39, 0.29) is 12.3 Å². The first-order valence-electron chi connectivity index (χ1n) is 8.84. The first kappa shape index (κ1) is 21.8. The van der Waals surface area contributed by atoms with E-state index in [1.165, 1.54) is 14.0 Å². The summed E-state index contributed by atoms with van der Waals surface area (Å²) in [6.07, 6.45) is 1.75. The molecular weight excluding hydrogens is 374 g/mol. The van der Waals surface area contributed by atoms with Gasteiger partial charge < -0.3 is 26.6 Å². The summed E-state index contributed by atoms with van der Waals surface area (Å²) in [7, 11) is 1.42. The molecule has 1 aromatic carbocycles. The van der Waals surface area contributed by atoms with E-state index in [4.69, 9.17) is 16.2 Å². The lowest BCUT2D eigenvalue weighted by atomic mass is 10.0. The van der Waals surface area contributed by atoms with Gasteiger partial charge in [-0.05, 0) is 43.7 Å². The number of aliphatic imine (C=N–C) groups is 1. The minimum Gasteiger partial charge on any atom is -0.487 e. The molecule has 0 fully saturated rings. The quantitative estimate of drug-likeness (QED) is 0.370. The van der Waals surface area contributed by atoms with Crippen LogP contribution in [0.4, 0.5) is 5.69 Å². The molecule has 9 nitrogen and oxygen atoms in total. The lowest BCUT2D eigenvalue weighted by molar-refractivity contribution is -0.129. The van der Waals surface area contributed by atoms with Crippen LogP contribution < -0.4 is 21.5 Å². The largest absolute Gasteiger partial charge is 0.487 e. The van der Waals surface area contributed by atoms with E-state index < -0.39 is 24.0 Å². The summed E-state index contributed by atoms with van der Waals surface area (Å²) in [5.41, 5.74) is 12.0. The fourth-order valence-electron chi connectivity index (χ4n) is 2.40. The maximum absolute atomic E-state index is 12.7. The molecule has 2 rings (SSSR count). The highest BCUT2D eigenvalue weighted by molar-refractivity contribution is 6.46. The lowest BCUT2D eigenvalue weighted by Crippen LogP contribution is -2.59. The molecule has 2 aromatic rings. The summed E-state index contributed by atoms with van der Waals surface area (Å²) in [5.74, 6) is -1.11. The Bertz CT molecular complexity index is 927. The van der Waals surface area contributed by atoms with E-state index >= 15 is 0 Å². The first-order valence-corrected chi connectivity index (χ1v) is 8.84. The number of nitrogens with zero attached hydrogens (tertiary/aromatic N) is 2. The fourth-order valence-corrected chi connectivity index (χ4v) is 2.40. The van der Waals surface area contributed by atoms with Crippen molar-refractivity contribution in [1.29, 1.82) is 0 Å². The van der Waals surface area contributed by atoms with E-state index in [2.05, 4.69) is 15.3 Å². The number of hydrogen-bond acceptors (Lipinski definition) is 7. The monoisotopic (exact) mass is 399 g/mol. The fraction of sp³-hybridized carbons (Fsp3) is 0.300. The molecule has 154 valence electrons. The molecule has 0 aliphatic carbocycles. The summed E-state index contributed by atoms with van der Waals surface area (Å²) in [4.78, 5) is 32.5. The number of anilines is 1. The van der Waals surface area contributed by atoms with Gasteiger partial charge in [-0.3, -0.25) is 19.6 Å². The second kappa shape index (κ2) is 9.16. The maximum Gasteiger partial charge on any atom is 0.271 e. The number of carbonyl (C=O) groups is 2. The van der Waals surface area contributed by atoms with Crippen molar-refractivity contribution in [2.75, 3.05) is 19.4 Å². The molecule has 0 saturated carbocycles. The summed E-state index contributed by atoms with van der Waals surface area (Å²) in [6.45, 7) is 2.84. The van der Waals surface area contributed by atoms with E-state index in [0.717, 1.165) is 11.3 Å². The van der Waals surface area contributed by atoms with Gasteiger partial charge in [0, 0.05) is 24.5 Å². The van der Waals surface area contributed by atoms with Crippen LogP contribution in [-0.2, 0) is 16.2 Å². The van der Waals surface area contributed by atoms with Gasteiger partial charge in [-0.2, -0.15) is 0 Å². The summed E-state index contributed by atoms with van der Waals surface area (Å²) in [5, 5.41) is 11.8. The van der Waals surface area contributed by atoms with Gasteiger partial charge in [-0.25, -0.2) is 0 Å². The van der Waals surface area contributed by atoms with Gasteiger partial charge in [0.05, 0.1) is 12.3 Å². The number of primary amides is 1. The lowest BCUT2D eigenvalue weighted by Gasteiger charge is -2.25. The average Bonchev–Trinajstić information content (AvgIpc) is 2.69. The minimum atomic E-state index is -1.63. The Kier molecular flexibility index (Phi) is 6.89. The van der Waals surface area contributed by atoms with Crippen LogP contribution >= 0.6 is 0 Å². The van der Waals surface area contributed by atoms with Gasteiger partial charge in [0.15, 0.2) is 0 Å².